The van der Waals surface area contributed by atoms with E-state index in [1.807, 2.05) is 19.0 Å². The van der Waals surface area contributed by atoms with Crippen LogP contribution in [0.15, 0.2) is 23.4 Å². The molecule has 7 heteroatoms. The van der Waals surface area contributed by atoms with Crippen molar-refractivity contribution in [3.05, 3.63) is 18.3 Å². The average molecular weight is 300 g/mol. The van der Waals surface area contributed by atoms with Crippen molar-refractivity contribution in [3.63, 3.8) is 0 Å². The van der Waals surface area contributed by atoms with E-state index in [0.29, 0.717) is 12.5 Å². The van der Waals surface area contributed by atoms with Gasteiger partial charge < -0.3 is 10.6 Å². The van der Waals surface area contributed by atoms with Crippen molar-refractivity contribution in [1.82, 2.24) is 14.6 Å². The van der Waals surface area contributed by atoms with Gasteiger partial charge in [0.15, 0.2) is 5.03 Å². The number of likely N-dealkylation sites (N-methyl/N-ethyl adjacent to an activating group) is 1. The zero-order valence-corrected chi connectivity index (χ0v) is 13.3. The molecule has 20 heavy (non-hydrogen) atoms. The monoisotopic (exact) mass is 300 g/mol. The van der Waals surface area contributed by atoms with Crippen LogP contribution in [0, 0.1) is 5.92 Å². The van der Waals surface area contributed by atoms with Gasteiger partial charge in [-0.3, -0.25) is 0 Å². The number of hydrogen-bond donors (Lipinski definition) is 2. The van der Waals surface area contributed by atoms with E-state index in [0.717, 1.165) is 6.42 Å². The van der Waals surface area contributed by atoms with Crippen molar-refractivity contribution >= 4 is 15.7 Å². The summed E-state index contributed by atoms with van der Waals surface area (Å²) in [6, 6.07) is 2.97. The van der Waals surface area contributed by atoms with E-state index in [1.165, 1.54) is 12.3 Å². The van der Waals surface area contributed by atoms with Crippen LogP contribution in [-0.4, -0.2) is 45.0 Å². The highest BCUT2D eigenvalue weighted by Gasteiger charge is 2.24. The van der Waals surface area contributed by atoms with Crippen LogP contribution < -0.4 is 10.5 Å². The van der Waals surface area contributed by atoms with Crippen molar-refractivity contribution in [2.45, 2.75) is 31.3 Å². The van der Waals surface area contributed by atoms with Gasteiger partial charge in [0.25, 0.3) is 10.0 Å². The largest absolute Gasteiger partial charge is 0.396 e. The molecule has 114 valence electrons. The van der Waals surface area contributed by atoms with Crippen molar-refractivity contribution in [2.75, 3.05) is 26.4 Å². The molecule has 0 saturated carbocycles. The van der Waals surface area contributed by atoms with Crippen LogP contribution >= 0.6 is 0 Å². The minimum Gasteiger partial charge on any atom is -0.396 e. The van der Waals surface area contributed by atoms with E-state index in [9.17, 15) is 8.42 Å². The maximum atomic E-state index is 12.4. The summed E-state index contributed by atoms with van der Waals surface area (Å²) in [4.78, 5) is 5.83. The number of nitrogens with zero attached hydrogens (tertiary/aromatic N) is 2. The molecule has 1 aromatic heterocycles. The molecule has 6 nitrogen and oxygen atoms in total. The molecule has 0 aromatic carbocycles. The van der Waals surface area contributed by atoms with Crippen LogP contribution in [0.5, 0.6) is 0 Å². The molecule has 0 aliphatic heterocycles. The Balaban J connectivity index is 2.94. The number of pyridine rings is 1. The number of nitrogens with one attached hydrogen (secondary N) is 1. The fraction of sp³-hybridized carbons (Fsp3) is 0.615. The van der Waals surface area contributed by atoms with Crippen LogP contribution in [0.2, 0.25) is 0 Å². The summed E-state index contributed by atoms with van der Waals surface area (Å²) in [5, 5.41) is -0.104. The van der Waals surface area contributed by atoms with Crippen LogP contribution in [0.25, 0.3) is 0 Å². The average Bonchev–Trinajstić information content (AvgIpc) is 2.26. The first-order valence-electron chi connectivity index (χ1n) is 6.60. The first-order valence-corrected chi connectivity index (χ1v) is 8.08. The van der Waals surface area contributed by atoms with Gasteiger partial charge in [0.1, 0.15) is 0 Å². The third-order valence-electron chi connectivity index (χ3n) is 2.72. The Morgan fingerprint density at radius 3 is 2.55 bits per heavy atom. The zero-order valence-electron chi connectivity index (χ0n) is 12.5. The second-order valence-corrected chi connectivity index (χ2v) is 7.24. The normalized spacial score (nSPS) is 13.9. The van der Waals surface area contributed by atoms with E-state index in [2.05, 4.69) is 23.6 Å². The van der Waals surface area contributed by atoms with Gasteiger partial charge in [0.05, 0.1) is 5.69 Å². The molecule has 1 aromatic rings. The number of nitrogens with two attached hydrogens (primary N) is 1. The van der Waals surface area contributed by atoms with Gasteiger partial charge in [0.2, 0.25) is 0 Å². The lowest BCUT2D eigenvalue weighted by Crippen LogP contribution is -2.42. The van der Waals surface area contributed by atoms with Crippen LogP contribution in [0.3, 0.4) is 0 Å². The predicted molar refractivity (Wildman–Crippen MR) is 80.8 cm³/mol. The Kier molecular flexibility index (Phi) is 5.91. The summed E-state index contributed by atoms with van der Waals surface area (Å²) >= 11 is 0. The molecule has 1 unspecified atom stereocenters. The molecular weight excluding hydrogens is 276 g/mol. The molecule has 0 aliphatic carbocycles. The molecule has 0 radical (unpaired) electrons. The molecular formula is C13H24N4O2S. The molecule has 1 atom stereocenters. The molecule has 0 bridgehead atoms. The van der Waals surface area contributed by atoms with Gasteiger partial charge in [0, 0.05) is 18.8 Å². The Morgan fingerprint density at radius 1 is 1.40 bits per heavy atom. The van der Waals surface area contributed by atoms with Gasteiger partial charge in [-0.05, 0) is 38.6 Å². The van der Waals surface area contributed by atoms with Gasteiger partial charge >= 0.3 is 0 Å². The molecule has 3 N–H and O–H groups in total. The second kappa shape index (κ2) is 7.01. The minimum absolute atomic E-state index is 0.104. The minimum atomic E-state index is -3.69. The maximum Gasteiger partial charge on any atom is 0.260 e. The lowest BCUT2D eigenvalue weighted by molar-refractivity contribution is 0.329. The molecule has 0 aliphatic rings. The summed E-state index contributed by atoms with van der Waals surface area (Å²) in [5.74, 6) is 0.392. The second-order valence-electron chi connectivity index (χ2n) is 5.61. The highest BCUT2D eigenvalue weighted by Crippen LogP contribution is 2.16. The van der Waals surface area contributed by atoms with Crippen molar-refractivity contribution < 1.29 is 8.42 Å². The highest BCUT2D eigenvalue weighted by molar-refractivity contribution is 7.89. The van der Waals surface area contributed by atoms with Gasteiger partial charge in [-0.15, -0.1) is 0 Å². The van der Waals surface area contributed by atoms with E-state index in [4.69, 9.17) is 5.73 Å². The van der Waals surface area contributed by atoms with Gasteiger partial charge in [-0.25, -0.2) is 18.1 Å². The third kappa shape index (κ3) is 5.07. The Bertz CT molecular complexity index is 519. The molecule has 0 saturated heterocycles. The quantitative estimate of drug-likeness (QED) is 0.781. The first kappa shape index (κ1) is 16.9. The van der Waals surface area contributed by atoms with E-state index in [-0.39, 0.29) is 16.8 Å². The fourth-order valence-corrected chi connectivity index (χ4v) is 3.37. The SMILES string of the molecule is CC(C)CC(CN(C)C)NS(=O)(=O)c1ncccc1N. The smallest absolute Gasteiger partial charge is 0.260 e. The Labute approximate surface area is 121 Å². The maximum absolute atomic E-state index is 12.4. The third-order valence-corrected chi connectivity index (χ3v) is 4.21. The van der Waals surface area contributed by atoms with Crippen LogP contribution in [0.4, 0.5) is 5.69 Å². The zero-order chi connectivity index (χ0) is 15.3. The van der Waals surface area contributed by atoms with Crippen molar-refractivity contribution in [3.8, 4) is 0 Å². The number of nitrogen functional groups attached to an aromatic ring is 1. The highest BCUT2D eigenvalue weighted by atomic mass is 32.2. The van der Waals surface area contributed by atoms with Crippen LogP contribution in [0.1, 0.15) is 20.3 Å². The van der Waals surface area contributed by atoms with Crippen molar-refractivity contribution in [1.29, 1.82) is 0 Å². The summed E-state index contributed by atoms with van der Waals surface area (Å²) < 4.78 is 27.4. The lowest BCUT2D eigenvalue weighted by atomic mass is 10.0. The molecule has 0 fully saturated rings. The number of anilines is 1. The first-order chi connectivity index (χ1) is 9.22. The molecule has 1 rings (SSSR count). The number of aromatic nitrogens is 1. The summed E-state index contributed by atoms with van der Waals surface area (Å²) in [6.45, 7) is 4.75. The summed E-state index contributed by atoms with van der Waals surface area (Å²) in [7, 11) is 0.133. The van der Waals surface area contributed by atoms with E-state index >= 15 is 0 Å². The molecule has 0 spiro atoms. The van der Waals surface area contributed by atoms with Crippen molar-refractivity contribution in [2.24, 2.45) is 5.92 Å². The number of sulfonamides is 1. The van der Waals surface area contributed by atoms with Crippen LogP contribution in [-0.2, 0) is 10.0 Å². The molecule has 1 heterocycles. The van der Waals surface area contributed by atoms with E-state index in [1.54, 1.807) is 6.07 Å². The van der Waals surface area contributed by atoms with E-state index < -0.39 is 10.0 Å². The number of hydrogen-bond acceptors (Lipinski definition) is 5. The predicted octanol–water partition coefficient (Wildman–Crippen LogP) is 0.918. The van der Waals surface area contributed by atoms with Gasteiger partial charge in [-0.2, -0.15) is 0 Å². The standard InChI is InChI=1S/C13H24N4O2S/c1-10(2)8-11(9-17(3)4)16-20(18,19)13-12(14)6-5-7-15-13/h5-7,10-11,16H,8-9,14H2,1-4H3. The topological polar surface area (TPSA) is 88.3 Å². The Morgan fingerprint density at radius 2 is 2.05 bits per heavy atom. The fourth-order valence-electron chi connectivity index (χ4n) is 2.07. The summed E-state index contributed by atoms with van der Waals surface area (Å²) in [6.07, 6.45) is 2.18. The summed E-state index contributed by atoms with van der Waals surface area (Å²) in [5.41, 5.74) is 5.85. The van der Waals surface area contributed by atoms with Gasteiger partial charge in [-0.1, -0.05) is 13.8 Å². The number of rotatable bonds is 7. The molecule has 0 amide bonds. The Hall–Kier alpha value is -1.18. The lowest BCUT2D eigenvalue weighted by Gasteiger charge is -2.23.